The van der Waals surface area contributed by atoms with Gasteiger partial charge in [0.05, 0.1) is 23.2 Å². The van der Waals surface area contributed by atoms with Crippen molar-refractivity contribution in [2.45, 2.75) is 6.18 Å². The number of hydrogen-bond acceptors (Lipinski definition) is 3. The zero-order valence-electron chi connectivity index (χ0n) is 10.8. The molecule has 0 heterocycles. The van der Waals surface area contributed by atoms with Gasteiger partial charge in [0.25, 0.3) is 5.69 Å². The summed E-state index contributed by atoms with van der Waals surface area (Å²) in [6.45, 7) is 0. The van der Waals surface area contributed by atoms with Gasteiger partial charge in [0.1, 0.15) is 5.75 Å². The van der Waals surface area contributed by atoms with Crippen LogP contribution in [-0.4, -0.2) is 12.0 Å². The highest BCUT2D eigenvalue weighted by molar-refractivity contribution is 5.74. The molecule has 0 saturated heterocycles. The predicted molar refractivity (Wildman–Crippen MR) is 70.1 cm³/mol. The first-order valence-electron chi connectivity index (χ1n) is 5.83. The second-order valence-electron chi connectivity index (χ2n) is 4.22. The van der Waals surface area contributed by atoms with E-state index in [0.717, 1.165) is 12.1 Å². The van der Waals surface area contributed by atoms with Gasteiger partial charge in [-0.25, -0.2) is 0 Å². The molecule has 4 nitrogen and oxygen atoms in total. The van der Waals surface area contributed by atoms with Crippen molar-refractivity contribution < 1.29 is 22.8 Å². The van der Waals surface area contributed by atoms with Crippen LogP contribution in [-0.2, 0) is 6.18 Å². The fourth-order valence-corrected chi connectivity index (χ4v) is 1.87. The van der Waals surface area contributed by atoms with Crippen molar-refractivity contribution in [3.8, 4) is 16.9 Å². The lowest BCUT2D eigenvalue weighted by Crippen LogP contribution is -2.06. The molecule has 0 N–H and O–H groups in total. The highest BCUT2D eigenvalue weighted by Gasteiger charge is 2.33. The van der Waals surface area contributed by atoms with E-state index in [-0.39, 0.29) is 5.56 Å². The van der Waals surface area contributed by atoms with Crippen molar-refractivity contribution in [2.24, 2.45) is 0 Å². The van der Waals surface area contributed by atoms with Gasteiger partial charge < -0.3 is 4.74 Å². The Labute approximate surface area is 117 Å². The number of ether oxygens (including phenoxy) is 1. The zero-order chi connectivity index (χ0) is 15.6. The number of nitrogens with zero attached hydrogens (tertiary/aromatic N) is 1. The van der Waals surface area contributed by atoms with Crippen LogP contribution in [0.4, 0.5) is 18.9 Å². The number of alkyl halides is 3. The molecule has 0 saturated carbocycles. The minimum absolute atomic E-state index is 0.121. The van der Waals surface area contributed by atoms with Crippen molar-refractivity contribution in [3.05, 3.63) is 58.1 Å². The summed E-state index contributed by atoms with van der Waals surface area (Å²) in [5, 5.41) is 11.0. The van der Waals surface area contributed by atoms with Crippen LogP contribution in [0.2, 0.25) is 0 Å². The van der Waals surface area contributed by atoms with Gasteiger partial charge in [-0.05, 0) is 29.8 Å². The van der Waals surface area contributed by atoms with Gasteiger partial charge in [-0.3, -0.25) is 10.1 Å². The number of hydrogen-bond donors (Lipinski definition) is 0. The Morgan fingerprint density at radius 3 is 2.19 bits per heavy atom. The van der Waals surface area contributed by atoms with E-state index in [1.807, 2.05) is 0 Å². The maximum atomic E-state index is 12.6. The molecular formula is C14H10F3NO3. The number of nitro benzene ring substituents is 1. The molecule has 2 aromatic carbocycles. The van der Waals surface area contributed by atoms with Gasteiger partial charge in [-0.1, -0.05) is 12.1 Å². The molecule has 0 aliphatic carbocycles. The number of benzene rings is 2. The third-order valence-electron chi connectivity index (χ3n) is 2.92. The monoisotopic (exact) mass is 297 g/mol. The van der Waals surface area contributed by atoms with Gasteiger partial charge >= 0.3 is 6.18 Å². The number of halogens is 3. The van der Waals surface area contributed by atoms with E-state index in [2.05, 4.69) is 0 Å². The minimum Gasteiger partial charge on any atom is -0.497 e. The molecule has 0 spiro atoms. The van der Waals surface area contributed by atoms with Crippen LogP contribution >= 0.6 is 0 Å². The Hall–Kier alpha value is -2.57. The molecule has 0 bridgehead atoms. The molecule has 2 rings (SSSR count). The fraction of sp³-hybridized carbons (Fsp3) is 0.143. The summed E-state index contributed by atoms with van der Waals surface area (Å²) >= 11 is 0. The van der Waals surface area contributed by atoms with E-state index in [9.17, 15) is 23.3 Å². The molecule has 0 aliphatic heterocycles. The molecule has 0 fully saturated rings. The normalized spacial score (nSPS) is 11.2. The third kappa shape index (κ3) is 3.13. The molecule has 7 heteroatoms. The average Bonchev–Trinajstić information content (AvgIpc) is 2.45. The maximum absolute atomic E-state index is 12.6. The van der Waals surface area contributed by atoms with E-state index in [1.165, 1.54) is 7.11 Å². The molecule has 0 aliphatic rings. The summed E-state index contributed by atoms with van der Waals surface area (Å²) in [4.78, 5) is 10.2. The van der Waals surface area contributed by atoms with Crippen LogP contribution in [0.25, 0.3) is 11.1 Å². The molecule has 0 radical (unpaired) electrons. The van der Waals surface area contributed by atoms with Crippen LogP contribution in [0.15, 0.2) is 42.5 Å². The molecule has 0 atom stereocenters. The van der Waals surface area contributed by atoms with Crippen molar-refractivity contribution >= 4 is 5.69 Å². The van der Waals surface area contributed by atoms with Crippen LogP contribution in [0, 0.1) is 10.1 Å². The summed E-state index contributed by atoms with van der Waals surface area (Å²) in [6.07, 6.45) is -4.62. The molecule has 0 unspecified atom stereocenters. The minimum atomic E-state index is -4.62. The van der Waals surface area contributed by atoms with E-state index >= 15 is 0 Å². The van der Waals surface area contributed by atoms with Gasteiger partial charge in [-0.15, -0.1) is 0 Å². The van der Waals surface area contributed by atoms with Gasteiger partial charge in [0.2, 0.25) is 0 Å². The van der Waals surface area contributed by atoms with Gasteiger partial charge in [0, 0.05) is 6.07 Å². The SMILES string of the molecule is COc1ccc(-c2ccc(C(F)(F)F)cc2[N+](=O)[O-])cc1. The molecule has 0 aromatic heterocycles. The Morgan fingerprint density at radius 1 is 1.10 bits per heavy atom. The van der Waals surface area contributed by atoms with Crippen LogP contribution in [0.3, 0.4) is 0 Å². The molecule has 0 amide bonds. The predicted octanol–water partition coefficient (Wildman–Crippen LogP) is 4.29. The molecular weight excluding hydrogens is 287 g/mol. The van der Waals surface area contributed by atoms with E-state index in [0.29, 0.717) is 17.4 Å². The third-order valence-corrected chi connectivity index (χ3v) is 2.92. The van der Waals surface area contributed by atoms with E-state index in [1.54, 1.807) is 24.3 Å². The summed E-state index contributed by atoms with van der Waals surface area (Å²) in [5.41, 5.74) is -1.08. The highest BCUT2D eigenvalue weighted by Crippen LogP contribution is 2.37. The second kappa shape index (κ2) is 5.43. The zero-order valence-corrected chi connectivity index (χ0v) is 10.8. The molecule has 2 aromatic rings. The van der Waals surface area contributed by atoms with E-state index < -0.39 is 22.4 Å². The number of nitro groups is 1. The highest BCUT2D eigenvalue weighted by atomic mass is 19.4. The first kappa shape index (κ1) is 14.8. The topological polar surface area (TPSA) is 52.4 Å². The van der Waals surface area contributed by atoms with Crippen molar-refractivity contribution in [2.75, 3.05) is 7.11 Å². The van der Waals surface area contributed by atoms with E-state index in [4.69, 9.17) is 4.74 Å². The Kier molecular flexibility index (Phi) is 3.84. The smallest absolute Gasteiger partial charge is 0.416 e. The summed E-state index contributed by atoms with van der Waals surface area (Å²) in [7, 11) is 1.47. The van der Waals surface area contributed by atoms with Gasteiger partial charge in [0.15, 0.2) is 0 Å². The number of methoxy groups -OCH3 is 1. The Bertz CT molecular complexity index is 666. The lowest BCUT2D eigenvalue weighted by molar-refractivity contribution is -0.384. The first-order chi connectivity index (χ1) is 9.82. The lowest BCUT2D eigenvalue weighted by atomic mass is 10.0. The maximum Gasteiger partial charge on any atom is 0.416 e. The van der Waals surface area contributed by atoms with Gasteiger partial charge in [-0.2, -0.15) is 13.2 Å². The first-order valence-corrected chi connectivity index (χ1v) is 5.83. The number of rotatable bonds is 3. The summed E-state index contributed by atoms with van der Waals surface area (Å²) in [5.74, 6) is 0.549. The average molecular weight is 297 g/mol. The molecule has 110 valence electrons. The Balaban J connectivity index is 2.54. The van der Waals surface area contributed by atoms with Crippen molar-refractivity contribution in [1.29, 1.82) is 0 Å². The summed E-state index contributed by atoms with van der Waals surface area (Å²) in [6, 6.07) is 8.73. The van der Waals surface area contributed by atoms with Crippen molar-refractivity contribution in [1.82, 2.24) is 0 Å². The van der Waals surface area contributed by atoms with Crippen molar-refractivity contribution in [3.63, 3.8) is 0 Å². The largest absolute Gasteiger partial charge is 0.497 e. The molecule has 21 heavy (non-hydrogen) atoms. The fourth-order valence-electron chi connectivity index (χ4n) is 1.87. The quantitative estimate of drug-likeness (QED) is 0.627. The lowest BCUT2D eigenvalue weighted by Gasteiger charge is -2.09. The summed E-state index contributed by atoms with van der Waals surface area (Å²) < 4.78 is 42.8. The Morgan fingerprint density at radius 2 is 1.71 bits per heavy atom. The van der Waals surface area contributed by atoms with Crippen LogP contribution < -0.4 is 4.74 Å². The van der Waals surface area contributed by atoms with Crippen LogP contribution in [0.5, 0.6) is 5.75 Å². The second-order valence-corrected chi connectivity index (χ2v) is 4.22. The van der Waals surface area contributed by atoms with Crippen LogP contribution in [0.1, 0.15) is 5.56 Å². The standard InChI is InChI=1S/C14H10F3NO3/c1-21-11-5-2-9(3-6-11)12-7-4-10(14(15,16)17)8-13(12)18(19)20/h2-8H,1H3.